The van der Waals surface area contributed by atoms with Crippen LogP contribution in [0.2, 0.25) is 0 Å². The minimum absolute atomic E-state index is 0.0430. The number of hydrogen-bond donors (Lipinski definition) is 2. The summed E-state index contributed by atoms with van der Waals surface area (Å²) in [5, 5.41) is 8.48. The molecule has 0 amide bonds. The number of nitrogens with two attached hydrogens (primary N) is 1. The summed E-state index contributed by atoms with van der Waals surface area (Å²) in [6, 6.07) is 5.24. The number of benzene rings is 1. The van der Waals surface area contributed by atoms with Crippen molar-refractivity contribution in [2.24, 2.45) is 0 Å². The monoisotopic (exact) mass is 239 g/mol. The van der Waals surface area contributed by atoms with Crippen molar-refractivity contribution in [3.63, 3.8) is 0 Å². The number of anilines is 1. The number of esters is 1. The topological polar surface area (TPSA) is 81.8 Å². The summed E-state index contributed by atoms with van der Waals surface area (Å²) in [5.41, 5.74) is 7.30. The molecular weight excluding hydrogens is 222 g/mol. The highest BCUT2D eigenvalue weighted by atomic mass is 16.6. The van der Waals surface area contributed by atoms with Crippen LogP contribution in [0.4, 0.5) is 5.69 Å². The lowest BCUT2D eigenvalue weighted by Gasteiger charge is -2.09. The fourth-order valence-electron chi connectivity index (χ4n) is 1.40. The third kappa shape index (κ3) is 4.05. The molecule has 0 unspecified atom stereocenters. The van der Waals surface area contributed by atoms with Gasteiger partial charge in [-0.25, -0.2) is 4.79 Å². The summed E-state index contributed by atoms with van der Waals surface area (Å²) < 4.78 is 9.98. The normalized spacial score (nSPS) is 10.2. The van der Waals surface area contributed by atoms with Gasteiger partial charge in [0.25, 0.3) is 0 Å². The van der Waals surface area contributed by atoms with E-state index in [9.17, 15) is 4.79 Å². The molecule has 0 atom stereocenters. The molecule has 5 nitrogen and oxygen atoms in total. The Labute approximate surface area is 100 Å². The Hall–Kier alpha value is -1.59. The molecule has 0 aliphatic rings. The number of ether oxygens (including phenoxy) is 2. The second-order valence-electron chi connectivity index (χ2n) is 3.51. The van der Waals surface area contributed by atoms with E-state index in [1.54, 1.807) is 25.1 Å². The Morgan fingerprint density at radius 1 is 1.35 bits per heavy atom. The van der Waals surface area contributed by atoms with Crippen molar-refractivity contribution in [3.8, 4) is 0 Å². The number of nitrogen functional groups attached to an aromatic ring is 1. The average molecular weight is 239 g/mol. The third-order valence-corrected chi connectivity index (χ3v) is 2.21. The molecule has 0 bridgehead atoms. The molecule has 0 saturated heterocycles. The zero-order valence-electron chi connectivity index (χ0n) is 9.81. The van der Waals surface area contributed by atoms with Gasteiger partial charge in [0.1, 0.15) is 6.61 Å². The first-order valence-electron chi connectivity index (χ1n) is 5.37. The number of aliphatic hydroxyl groups excluding tert-OH is 1. The van der Waals surface area contributed by atoms with E-state index in [1.807, 2.05) is 0 Å². The Morgan fingerprint density at radius 2 is 2.12 bits per heavy atom. The van der Waals surface area contributed by atoms with E-state index in [-0.39, 0.29) is 26.4 Å². The summed E-state index contributed by atoms with van der Waals surface area (Å²) in [5.74, 6) is -0.451. The predicted molar refractivity (Wildman–Crippen MR) is 63.8 cm³/mol. The average Bonchev–Trinajstić information content (AvgIpc) is 2.28. The molecule has 17 heavy (non-hydrogen) atoms. The van der Waals surface area contributed by atoms with Gasteiger partial charge in [-0.3, -0.25) is 0 Å². The van der Waals surface area contributed by atoms with Crippen LogP contribution in [0.25, 0.3) is 0 Å². The first kappa shape index (κ1) is 13.5. The number of hydrogen-bond acceptors (Lipinski definition) is 5. The smallest absolute Gasteiger partial charge is 0.340 e. The number of aliphatic hydroxyl groups is 1. The van der Waals surface area contributed by atoms with Crippen LogP contribution in [0.3, 0.4) is 0 Å². The number of carbonyl (C=O) groups excluding carboxylic acids is 1. The molecule has 0 spiro atoms. The van der Waals surface area contributed by atoms with E-state index in [0.717, 1.165) is 5.56 Å². The van der Waals surface area contributed by atoms with Gasteiger partial charge in [-0.2, -0.15) is 0 Å². The molecule has 1 aromatic carbocycles. The van der Waals surface area contributed by atoms with E-state index in [0.29, 0.717) is 11.3 Å². The fraction of sp³-hybridized carbons (Fsp3) is 0.417. The quantitative estimate of drug-likeness (QED) is 0.435. The molecule has 1 aromatic rings. The maximum absolute atomic E-state index is 11.7. The van der Waals surface area contributed by atoms with Crippen molar-refractivity contribution in [2.75, 3.05) is 32.2 Å². The van der Waals surface area contributed by atoms with Gasteiger partial charge in [0, 0.05) is 5.69 Å². The van der Waals surface area contributed by atoms with Crippen LogP contribution in [0.15, 0.2) is 18.2 Å². The molecule has 0 radical (unpaired) electrons. The van der Waals surface area contributed by atoms with Crippen LogP contribution >= 0.6 is 0 Å². The number of carbonyl (C=O) groups is 1. The SMILES string of the molecule is Cc1cccc(N)c1C(=O)OCCOCCO. The van der Waals surface area contributed by atoms with Crippen molar-refractivity contribution >= 4 is 11.7 Å². The molecule has 1 rings (SSSR count). The first-order chi connectivity index (χ1) is 8.16. The lowest BCUT2D eigenvalue weighted by atomic mass is 10.1. The van der Waals surface area contributed by atoms with Gasteiger partial charge in [-0.15, -0.1) is 0 Å². The second kappa shape index (κ2) is 6.88. The maximum atomic E-state index is 11.7. The minimum atomic E-state index is -0.451. The Balaban J connectivity index is 2.47. The van der Waals surface area contributed by atoms with E-state index in [4.69, 9.17) is 20.3 Å². The van der Waals surface area contributed by atoms with Crippen molar-refractivity contribution < 1.29 is 19.4 Å². The number of aryl methyl sites for hydroxylation is 1. The zero-order valence-corrected chi connectivity index (χ0v) is 9.81. The van der Waals surface area contributed by atoms with Crippen molar-refractivity contribution in [1.82, 2.24) is 0 Å². The molecule has 0 heterocycles. The standard InChI is InChI=1S/C12H17NO4/c1-9-3-2-4-10(13)11(9)12(15)17-8-7-16-6-5-14/h2-4,14H,5-8,13H2,1H3. The highest BCUT2D eigenvalue weighted by Gasteiger charge is 2.13. The second-order valence-corrected chi connectivity index (χ2v) is 3.51. The summed E-state index contributed by atoms with van der Waals surface area (Å²) >= 11 is 0. The summed E-state index contributed by atoms with van der Waals surface area (Å²) in [7, 11) is 0. The Morgan fingerprint density at radius 3 is 2.76 bits per heavy atom. The van der Waals surface area contributed by atoms with Gasteiger partial charge in [-0.05, 0) is 18.6 Å². The summed E-state index contributed by atoms with van der Waals surface area (Å²) in [6.45, 7) is 2.41. The van der Waals surface area contributed by atoms with E-state index in [1.165, 1.54) is 0 Å². The van der Waals surface area contributed by atoms with Crippen LogP contribution in [0, 0.1) is 6.92 Å². The number of rotatable bonds is 6. The van der Waals surface area contributed by atoms with Gasteiger partial charge in [0.2, 0.25) is 0 Å². The Kier molecular flexibility index (Phi) is 5.45. The van der Waals surface area contributed by atoms with Gasteiger partial charge in [0.05, 0.1) is 25.4 Å². The molecule has 94 valence electrons. The van der Waals surface area contributed by atoms with Crippen LogP contribution in [0.1, 0.15) is 15.9 Å². The highest BCUT2D eigenvalue weighted by Crippen LogP contribution is 2.17. The molecule has 0 saturated carbocycles. The van der Waals surface area contributed by atoms with E-state index < -0.39 is 5.97 Å². The third-order valence-electron chi connectivity index (χ3n) is 2.21. The lowest BCUT2D eigenvalue weighted by Crippen LogP contribution is -2.14. The largest absolute Gasteiger partial charge is 0.460 e. The van der Waals surface area contributed by atoms with Crippen molar-refractivity contribution in [3.05, 3.63) is 29.3 Å². The molecule has 0 aromatic heterocycles. The highest BCUT2D eigenvalue weighted by molar-refractivity contribution is 5.96. The van der Waals surface area contributed by atoms with Crippen LogP contribution in [0.5, 0.6) is 0 Å². The lowest BCUT2D eigenvalue weighted by molar-refractivity contribution is 0.0258. The van der Waals surface area contributed by atoms with Gasteiger partial charge < -0.3 is 20.3 Å². The van der Waals surface area contributed by atoms with Crippen molar-refractivity contribution in [2.45, 2.75) is 6.92 Å². The van der Waals surface area contributed by atoms with Crippen LogP contribution in [-0.4, -0.2) is 37.5 Å². The van der Waals surface area contributed by atoms with E-state index in [2.05, 4.69) is 0 Å². The molecule has 0 aliphatic heterocycles. The summed E-state index contributed by atoms with van der Waals surface area (Å²) in [4.78, 5) is 11.7. The van der Waals surface area contributed by atoms with Gasteiger partial charge >= 0.3 is 5.97 Å². The Bertz CT molecular complexity index is 359. The molecular formula is C12H17NO4. The summed E-state index contributed by atoms with van der Waals surface area (Å²) in [6.07, 6.45) is 0. The zero-order chi connectivity index (χ0) is 12.7. The maximum Gasteiger partial charge on any atom is 0.340 e. The first-order valence-corrected chi connectivity index (χ1v) is 5.37. The minimum Gasteiger partial charge on any atom is -0.460 e. The van der Waals surface area contributed by atoms with Gasteiger partial charge in [0.15, 0.2) is 0 Å². The van der Waals surface area contributed by atoms with E-state index >= 15 is 0 Å². The van der Waals surface area contributed by atoms with Crippen LogP contribution < -0.4 is 5.73 Å². The fourth-order valence-corrected chi connectivity index (χ4v) is 1.40. The predicted octanol–water partition coefficient (Wildman–Crippen LogP) is 0.743. The van der Waals surface area contributed by atoms with Gasteiger partial charge in [-0.1, -0.05) is 12.1 Å². The molecule has 0 fully saturated rings. The van der Waals surface area contributed by atoms with Crippen molar-refractivity contribution in [1.29, 1.82) is 0 Å². The molecule has 0 aliphatic carbocycles. The molecule has 5 heteroatoms. The molecule has 3 N–H and O–H groups in total. The van der Waals surface area contributed by atoms with Crippen LogP contribution in [-0.2, 0) is 9.47 Å².